The van der Waals surface area contributed by atoms with Crippen molar-refractivity contribution in [2.75, 3.05) is 11.9 Å². The molecule has 2 aromatic carbocycles. The topological polar surface area (TPSA) is 68.5 Å². The normalized spacial score (nSPS) is 10.7. The van der Waals surface area contributed by atoms with Gasteiger partial charge < -0.3 is 14.5 Å². The number of hydrogen-bond acceptors (Lipinski definition) is 4. The average molecular weight is 337 g/mol. The van der Waals surface area contributed by atoms with E-state index in [0.717, 1.165) is 10.9 Å². The molecule has 0 atom stereocenters. The molecule has 3 aromatic rings. The van der Waals surface area contributed by atoms with E-state index in [9.17, 15) is 9.59 Å². The summed E-state index contributed by atoms with van der Waals surface area (Å²) in [7, 11) is 0. The van der Waals surface area contributed by atoms with Crippen molar-refractivity contribution < 1.29 is 18.7 Å². The number of hydrogen-bond donors (Lipinski definition) is 1. The zero-order valence-corrected chi connectivity index (χ0v) is 14.4. The summed E-state index contributed by atoms with van der Waals surface area (Å²) < 4.78 is 10.6. The maximum atomic E-state index is 12.4. The third kappa shape index (κ3) is 3.26. The molecule has 0 aliphatic rings. The van der Waals surface area contributed by atoms with Crippen molar-refractivity contribution in [2.24, 2.45) is 0 Å². The molecule has 5 nitrogen and oxygen atoms in total. The molecular weight excluding hydrogens is 318 g/mol. The molecular formula is C20H19NO4. The number of esters is 1. The average Bonchev–Trinajstić information content (AvgIpc) is 2.92. The number of fused-ring (bicyclic) bond motifs is 1. The summed E-state index contributed by atoms with van der Waals surface area (Å²) >= 11 is 0. The van der Waals surface area contributed by atoms with Crippen LogP contribution in [0.5, 0.6) is 0 Å². The first-order valence-corrected chi connectivity index (χ1v) is 8.08. The Labute approximate surface area is 145 Å². The van der Waals surface area contributed by atoms with E-state index in [1.807, 2.05) is 25.1 Å². The van der Waals surface area contributed by atoms with Crippen molar-refractivity contribution in [1.29, 1.82) is 0 Å². The Morgan fingerprint density at radius 1 is 1.12 bits per heavy atom. The predicted octanol–water partition coefficient (Wildman–Crippen LogP) is 4.48. The number of nitrogens with one attached hydrogen (secondary N) is 1. The van der Waals surface area contributed by atoms with E-state index in [1.54, 1.807) is 38.1 Å². The number of aryl methyl sites for hydroxylation is 2. The fourth-order valence-corrected chi connectivity index (χ4v) is 2.72. The lowest BCUT2D eigenvalue weighted by Gasteiger charge is -2.07. The van der Waals surface area contributed by atoms with Gasteiger partial charge in [0.05, 0.1) is 6.61 Å². The first-order valence-electron chi connectivity index (χ1n) is 8.08. The Kier molecular flexibility index (Phi) is 4.57. The molecule has 0 spiro atoms. The molecule has 25 heavy (non-hydrogen) atoms. The number of ether oxygens (including phenoxy) is 1. The highest BCUT2D eigenvalue weighted by Gasteiger charge is 2.19. The number of furan rings is 1. The van der Waals surface area contributed by atoms with Crippen LogP contribution in [0.15, 0.2) is 46.9 Å². The van der Waals surface area contributed by atoms with Gasteiger partial charge in [-0.25, -0.2) is 4.79 Å². The van der Waals surface area contributed by atoms with Gasteiger partial charge >= 0.3 is 5.97 Å². The predicted molar refractivity (Wildman–Crippen MR) is 96.0 cm³/mol. The Hall–Kier alpha value is -3.08. The molecule has 0 aliphatic heterocycles. The number of benzene rings is 2. The van der Waals surface area contributed by atoms with Crippen LogP contribution in [0.25, 0.3) is 11.0 Å². The number of rotatable bonds is 4. The van der Waals surface area contributed by atoms with Gasteiger partial charge in [-0.3, -0.25) is 4.79 Å². The van der Waals surface area contributed by atoms with E-state index in [-0.39, 0.29) is 18.3 Å². The van der Waals surface area contributed by atoms with E-state index in [2.05, 4.69) is 5.32 Å². The monoisotopic (exact) mass is 337 g/mol. The van der Waals surface area contributed by atoms with Crippen molar-refractivity contribution in [1.82, 2.24) is 0 Å². The SMILES string of the molecule is CCOC(=O)c1oc2ccc(NC(=O)c3ccccc3C)cc2c1C. The van der Waals surface area contributed by atoms with Gasteiger partial charge in [0.2, 0.25) is 5.76 Å². The fourth-order valence-electron chi connectivity index (χ4n) is 2.72. The van der Waals surface area contributed by atoms with Crippen molar-refractivity contribution in [2.45, 2.75) is 20.8 Å². The molecule has 5 heteroatoms. The first-order chi connectivity index (χ1) is 12.0. The van der Waals surface area contributed by atoms with Crippen LogP contribution >= 0.6 is 0 Å². The van der Waals surface area contributed by atoms with Crippen LogP contribution in [0.3, 0.4) is 0 Å². The number of anilines is 1. The third-order valence-corrected chi connectivity index (χ3v) is 4.04. The minimum atomic E-state index is -0.485. The van der Waals surface area contributed by atoms with Crippen LogP contribution in [0.4, 0.5) is 5.69 Å². The minimum absolute atomic E-state index is 0.177. The van der Waals surface area contributed by atoms with Crippen LogP contribution in [0.1, 0.15) is 39.0 Å². The van der Waals surface area contributed by atoms with Gasteiger partial charge in [-0.1, -0.05) is 18.2 Å². The van der Waals surface area contributed by atoms with Gasteiger partial charge in [0.15, 0.2) is 0 Å². The Balaban J connectivity index is 1.91. The summed E-state index contributed by atoms with van der Waals surface area (Å²) in [6, 6.07) is 12.7. The lowest BCUT2D eigenvalue weighted by Crippen LogP contribution is -2.13. The first kappa shape index (κ1) is 16.8. The Morgan fingerprint density at radius 3 is 2.60 bits per heavy atom. The molecule has 0 saturated heterocycles. The number of carbonyl (C=O) groups excluding carboxylic acids is 2. The number of amides is 1. The quantitative estimate of drug-likeness (QED) is 0.713. The lowest BCUT2D eigenvalue weighted by atomic mass is 10.1. The molecule has 0 fully saturated rings. The highest BCUT2D eigenvalue weighted by atomic mass is 16.5. The summed E-state index contributed by atoms with van der Waals surface area (Å²) in [5, 5.41) is 3.65. The van der Waals surface area contributed by atoms with Crippen molar-refractivity contribution in [3.05, 3.63) is 64.9 Å². The molecule has 0 saturated carbocycles. The Morgan fingerprint density at radius 2 is 1.88 bits per heavy atom. The molecule has 1 aromatic heterocycles. The van der Waals surface area contributed by atoms with E-state index < -0.39 is 5.97 Å². The largest absolute Gasteiger partial charge is 0.460 e. The van der Waals surface area contributed by atoms with Crippen LogP contribution < -0.4 is 5.32 Å². The zero-order chi connectivity index (χ0) is 18.0. The smallest absolute Gasteiger partial charge is 0.374 e. The van der Waals surface area contributed by atoms with Gasteiger partial charge in [-0.2, -0.15) is 0 Å². The molecule has 0 radical (unpaired) electrons. The molecule has 1 heterocycles. The van der Waals surface area contributed by atoms with Gasteiger partial charge in [0, 0.05) is 22.2 Å². The summed E-state index contributed by atoms with van der Waals surface area (Å²) in [4.78, 5) is 24.4. The van der Waals surface area contributed by atoms with E-state index in [4.69, 9.17) is 9.15 Å². The fraction of sp³-hybridized carbons (Fsp3) is 0.200. The van der Waals surface area contributed by atoms with Crippen molar-refractivity contribution >= 4 is 28.5 Å². The van der Waals surface area contributed by atoms with Gasteiger partial charge in [-0.05, 0) is 50.6 Å². The molecule has 3 rings (SSSR count). The van der Waals surface area contributed by atoms with Crippen LogP contribution in [0.2, 0.25) is 0 Å². The van der Waals surface area contributed by atoms with Gasteiger partial charge in [0.1, 0.15) is 5.58 Å². The standard InChI is InChI=1S/C20H19NO4/c1-4-24-20(23)18-13(3)16-11-14(9-10-17(16)25-18)21-19(22)15-8-6-5-7-12(15)2/h5-11H,4H2,1-3H3,(H,21,22). The molecule has 0 aliphatic carbocycles. The molecule has 1 amide bonds. The second kappa shape index (κ2) is 6.81. The summed E-state index contributed by atoms with van der Waals surface area (Å²) in [6.07, 6.45) is 0. The van der Waals surface area contributed by atoms with Crippen LogP contribution in [-0.2, 0) is 4.74 Å². The van der Waals surface area contributed by atoms with Crippen LogP contribution in [0, 0.1) is 13.8 Å². The van der Waals surface area contributed by atoms with Gasteiger partial charge in [-0.15, -0.1) is 0 Å². The second-order valence-corrected chi connectivity index (χ2v) is 5.76. The maximum absolute atomic E-state index is 12.4. The van der Waals surface area contributed by atoms with Crippen molar-refractivity contribution in [3.63, 3.8) is 0 Å². The van der Waals surface area contributed by atoms with Gasteiger partial charge in [0.25, 0.3) is 5.91 Å². The number of carbonyl (C=O) groups is 2. The summed E-state index contributed by atoms with van der Waals surface area (Å²) in [5.41, 5.74) is 3.44. The molecule has 0 bridgehead atoms. The minimum Gasteiger partial charge on any atom is -0.460 e. The summed E-state index contributed by atoms with van der Waals surface area (Å²) in [6.45, 7) is 5.72. The highest BCUT2D eigenvalue weighted by molar-refractivity contribution is 6.06. The second-order valence-electron chi connectivity index (χ2n) is 5.76. The third-order valence-electron chi connectivity index (χ3n) is 4.04. The highest BCUT2D eigenvalue weighted by Crippen LogP contribution is 2.28. The van der Waals surface area contributed by atoms with E-state index in [1.165, 1.54) is 0 Å². The lowest BCUT2D eigenvalue weighted by molar-refractivity contribution is 0.0491. The molecule has 1 N–H and O–H groups in total. The maximum Gasteiger partial charge on any atom is 0.374 e. The summed E-state index contributed by atoms with van der Waals surface area (Å²) in [5.74, 6) is -0.467. The zero-order valence-electron chi connectivity index (χ0n) is 14.4. The molecule has 0 unspecified atom stereocenters. The van der Waals surface area contributed by atoms with Crippen molar-refractivity contribution in [3.8, 4) is 0 Å². The van der Waals surface area contributed by atoms with E-state index in [0.29, 0.717) is 22.4 Å². The van der Waals surface area contributed by atoms with E-state index >= 15 is 0 Å². The van der Waals surface area contributed by atoms with Crippen LogP contribution in [-0.4, -0.2) is 18.5 Å². The molecule has 128 valence electrons. The Bertz CT molecular complexity index is 955.